The number of hydrazine groups is 1. The van der Waals surface area contributed by atoms with Gasteiger partial charge in [-0.05, 0) is 31.0 Å². The van der Waals surface area contributed by atoms with Crippen molar-refractivity contribution in [2.24, 2.45) is 11.8 Å². The summed E-state index contributed by atoms with van der Waals surface area (Å²) in [4.78, 5) is 37.5. The van der Waals surface area contributed by atoms with E-state index in [2.05, 4.69) is 37.3 Å². The molecule has 9 heteroatoms. The Bertz CT molecular complexity index is 703. The molecular weight excluding hydrogens is 487 g/mol. The van der Waals surface area contributed by atoms with Crippen LogP contribution in [-0.2, 0) is 9.59 Å². The highest BCUT2D eigenvalue weighted by Crippen LogP contribution is 2.42. The van der Waals surface area contributed by atoms with Gasteiger partial charge in [0, 0.05) is 15.2 Å². The lowest BCUT2D eigenvalue weighted by Crippen LogP contribution is -2.46. The number of amides is 3. The Kier molecular flexibility index (Phi) is 5.25. The number of hydrogen-bond donors (Lipinski definition) is 1. The van der Waals surface area contributed by atoms with Crippen LogP contribution in [0.2, 0.25) is 10.0 Å². The second kappa shape index (κ2) is 6.94. The number of halogens is 4. The van der Waals surface area contributed by atoms with Crippen LogP contribution < -0.4 is 5.43 Å². The van der Waals surface area contributed by atoms with Crippen molar-refractivity contribution in [3.05, 3.63) is 33.8 Å². The van der Waals surface area contributed by atoms with Gasteiger partial charge in [0.15, 0.2) is 0 Å². The molecule has 5 nitrogen and oxygen atoms in total. The molecule has 1 aromatic carbocycles. The highest BCUT2D eigenvalue weighted by Gasteiger charge is 2.52. The number of alkyl halides is 2. The van der Waals surface area contributed by atoms with Gasteiger partial charge in [0.25, 0.3) is 17.7 Å². The summed E-state index contributed by atoms with van der Waals surface area (Å²) in [7, 11) is 0. The molecule has 1 aromatic rings. The Morgan fingerprint density at radius 2 is 1.58 bits per heavy atom. The van der Waals surface area contributed by atoms with Crippen molar-refractivity contribution >= 4 is 72.8 Å². The highest BCUT2D eigenvalue weighted by atomic mass is 79.9. The summed E-state index contributed by atoms with van der Waals surface area (Å²) in [5.74, 6) is -2.15. The van der Waals surface area contributed by atoms with Gasteiger partial charge in [0.1, 0.15) is 0 Å². The minimum Gasteiger partial charge on any atom is -0.272 e. The van der Waals surface area contributed by atoms with Gasteiger partial charge in [-0.25, -0.2) is 0 Å². The Morgan fingerprint density at radius 1 is 1.04 bits per heavy atom. The van der Waals surface area contributed by atoms with Crippen LogP contribution in [0.3, 0.4) is 0 Å². The third kappa shape index (κ3) is 3.23. The molecule has 1 saturated carbocycles. The summed E-state index contributed by atoms with van der Waals surface area (Å²) in [6, 6.07) is 4.35. The van der Waals surface area contributed by atoms with Crippen molar-refractivity contribution in [1.82, 2.24) is 10.4 Å². The average Bonchev–Trinajstić information content (AvgIpc) is 2.75. The molecule has 0 unspecified atom stereocenters. The van der Waals surface area contributed by atoms with E-state index in [1.165, 1.54) is 18.2 Å². The summed E-state index contributed by atoms with van der Waals surface area (Å²) >= 11 is 18.7. The van der Waals surface area contributed by atoms with Gasteiger partial charge in [0.2, 0.25) is 0 Å². The molecule has 0 radical (unpaired) electrons. The number of carbonyl (C=O) groups is 3. The van der Waals surface area contributed by atoms with Crippen LogP contribution in [0.25, 0.3) is 0 Å². The van der Waals surface area contributed by atoms with Crippen LogP contribution in [0.1, 0.15) is 23.2 Å². The monoisotopic (exact) mass is 496 g/mol. The number of fused-ring (bicyclic) bond motifs is 1. The minimum absolute atomic E-state index is 0.112. The zero-order valence-corrected chi connectivity index (χ0v) is 16.8. The van der Waals surface area contributed by atoms with Crippen LogP contribution in [0.4, 0.5) is 0 Å². The number of nitrogens with one attached hydrogen (secondary N) is 1. The standard InChI is InChI=1S/C15H12Br2Cl2N2O3/c16-9-4-7-8(5-10(9)17)15(24)21(14(7)23)20-13(22)6-1-2-11(18)12(19)3-6/h1-3,7-10H,4-5H2,(H,20,22)/t7-,8+,9+,10-. The van der Waals surface area contributed by atoms with E-state index in [1.807, 2.05) is 0 Å². The number of carbonyl (C=O) groups excluding carboxylic acids is 3. The molecule has 2 aliphatic rings. The van der Waals surface area contributed by atoms with Crippen molar-refractivity contribution in [1.29, 1.82) is 0 Å². The SMILES string of the molecule is O=C(NN1C(=O)[C@H]2C[C@@H](Br)[C@@H](Br)C[C@H]2C1=O)c1ccc(Cl)c(Cl)c1. The zero-order valence-electron chi connectivity index (χ0n) is 12.1. The minimum atomic E-state index is -0.584. The first-order valence-electron chi connectivity index (χ1n) is 7.21. The van der Waals surface area contributed by atoms with Gasteiger partial charge >= 0.3 is 0 Å². The summed E-state index contributed by atoms with van der Waals surface area (Å²) in [6.07, 6.45) is 1.09. The highest BCUT2D eigenvalue weighted by molar-refractivity contribution is 9.12. The van der Waals surface area contributed by atoms with E-state index >= 15 is 0 Å². The topological polar surface area (TPSA) is 66.5 Å². The van der Waals surface area contributed by atoms with E-state index in [1.54, 1.807) is 0 Å². The Labute approximate surface area is 165 Å². The van der Waals surface area contributed by atoms with Crippen molar-refractivity contribution < 1.29 is 14.4 Å². The largest absolute Gasteiger partial charge is 0.272 e. The maximum Gasteiger partial charge on any atom is 0.270 e. The predicted molar refractivity (Wildman–Crippen MR) is 97.4 cm³/mol. The quantitative estimate of drug-likeness (QED) is 0.501. The molecule has 1 aliphatic heterocycles. The number of hydrogen-bond acceptors (Lipinski definition) is 3. The lowest BCUT2D eigenvalue weighted by Gasteiger charge is -2.29. The summed E-state index contributed by atoms with van der Waals surface area (Å²) in [5, 5.41) is 1.38. The van der Waals surface area contributed by atoms with Crippen LogP contribution in [0, 0.1) is 11.8 Å². The maximum atomic E-state index is 12.5. The van der Waals surface area contributed by atoms with Crippen molar-refractivity contribution in [3.8, 4) is 0 Å². The Balaban J connectivity index is 1.77. The van der Waals surface area contributed by atoms with Crippen molar-refractivity contribution in [3.63, 3.8) is 0 Å². The number of rotatable bonds is 2. The molecule has 1 heterocycles. The molecule has 3 rings (SSSR count). The molecule has 0 aromatic heterocycles. The molecule has 24 heavy (non-hydrogen) atoms. The van der Waals surface area contributed by atoms with Gasteiger partial charge < -0.3 is 0 Å². The molecule has 2 fully saturated rings. The molecular formula is C15H12Br2Cl2N2O3. The molecule has 0 spiro atoms. The number of benzene rings is 1. The second-order valence-electron chi connectivity index (χ2n) is 5.80. The van der Waals surface area contributed by atoms with Gasteiger partial charge in [0.05, 0.1) is 21.9 Å². The van der Waals surface area contributed by atoms with Gasteiger partial charge in [-0.1, -0.05) is 55.1 Å². The molecule has 4 atom stereocenters. The Morgan fingerprint density at radius 3 is 2.08 bits per heavy atom. The first-order chi connectivity index (χ1) is 11.3. The van der Waals surface area contributed by atoms with E-state index in [4.69, 9.17) is 23.2 Å². The molecule has 0 bridgehead atoms. The normalized spacial score (nSPS) is 29.6. The molecule has 1 saturated heterocycles. The first-order valence-corrected chi connectivity index (χ1v) is 9.80. The van der Waals surface area contributed by atoms with Crippen LogP contribution >= 0.6 is 55.1 Å². The fraction of sp³-hybridized carbons (Fsp3) is 0.400. The first kappa shape index (κ1) is 18.2. The lowest BCUT2D eigenvalue weighted by atomic mass is 9.81. The summed E-state index contributed by atoms with van der Waals surface area (Å²) in [6.45, 7) is 0. The smallest absolute Gasteiger partial charge is 0.270 e. The molecule has 1 N–H and O–H groups in total. The second-order valence-corrected chi connectivity index (χ2v) is 8.96. The van der Waals surface area contributed by atoms with E-state index in [0.29, 0.717) is 17.9 Å². The predicted octanol–water partition coefficient (Wildman–Crippen LogP) is 3.56. The van der Waals surface area contributed by atoms with Gasteiger partial charge in [-0.3, -0.25) is 19.8 Å². The molecule has 3 amide bonds. The van der Waals surface area contributed by atoms with E-state index in [0.717, 1.165) is 5.01 Å². The molecule has 1 aliphatic carbocycles. The average molecular weight is 499 g/mol. The van der Waals surface area contributed by atoms with Crippen LogP contribution in [0.5, 0.6) is 0 Å². The van der Waals surface area contributed by atoms with Gasteiger partial charge in [-0.2, -0.15) is 5.01 Å². The van der Waals surface area contributed by atoms with Crippen LogP contribution in [-0.4, -0.2) is 32.4 Å². The van der Waals surface area contributed by atoms with Crippen molar-refractivity contribution in [2.45, 2.75) is 22.5 Å². The van der Waals surface area contributed by atoms with E-state index < -0.39 is 17.7 Å². The Hall–Kier alpha value is -0.630. The zero-order chi connectivity index (χ0) is 17.6. The fourth-order valence-corrected chi connectivity index (χ4v) is 4.54. The molecule has 128 valence electrons. The number of imide groups is 1. The van der Waals surface area contributed by atoms with Crippen LogP contribution in [0.15, 0.2) is 18.2 Å². The lowest BCUT2D eigenvalue weighted by molar-refractivity contribution is -0.142. The van der Waals surface area contributed by atoms with E-state index in [9.17, 15) is 14.4 Å². The van der Waals surface area contributed by atoms with E-state index in [-0.39, 0.29) is 32.1 Å². The maximum absolute atomic E-state index is 12.5. The van der Waals surface area contributed by atoms with Gasteiger partial charge in [-0.15, -0.1) is 0 Å². The number of nitrogens with zero attached hydrogens (tertiary/aromatic N) is 1. The van der Waals surface area contributed by atoms with Crippen molar-refractivity contribution in [2.75, 3.05) is 0 Å². The third-order valence-electron chi connectivity index (χ3n) is 4.31. The summed E-state index contributed by atoms with van der Waals surface area (Å²) < 4.78 is 0. The summed E-state index contributed by atoms with van der Waals surface area (Å²) in [5.41, 5.74) is 2.61. The fourth-order valence-electron chi connectivity index (χ4n) is 3.01. The third-order valence-corrected chi connectivity index (χ3v) is 7.78.